The first-order valence-electron chi connectivity index (χ1n) is 8.85. The molecule has 3 atom stereocenters. The third-order valence-electron chi connectivity index (χ3n) is 5.42. The third kappa shape index (κ3) is 3.35. The first kappa shape index (κ1) is 18.4. The highest BCUT2D eigenvalue weighted by molar-refractivity contribution is 7.89. The number of hydrogen-bond donors (Lipinski definition) is 1. The second-order valence-electron chi connectivity index (χ2n) is 7.21. The number of nitrogens with zero attached hydrogens (tertiary/aromatic N) is 2. The minimum Gasteiger partial charge on any atom is -0.348 e. The van der Waals surface area contributed by atoms with Gasteiger partial charge in [-0.3, -0.25) is 9.78 Å². The summed E-state index contributed by atoms with van der Waals surface area (Å²) in [6.07, 6.45) is 4.66. The third-order valence-corrected chi connectivity index (χ3v) is 7.72. The first-order valence-corrected chi connectivity index (χ1v) is 10.7. The SMILES string of the molecule is Cc1ccc(S(=O)(=O)N2C[C@@H]3C[C@H](NC(=O)c4cccnc4)[C@H]2C3)cc1Cl. The molecular weight excluding hydrogens is 386 g/mol. The van der Waals surface area contributed by atoms with E-state index in [0.29, 0.717) is 17.1 Å². The van der Waals surface area contributed by atoms with Gasteiger partial charge in [-0.15, -0.1) is 0 Å². The van der Waals surface area contributed by atoms with Crippen LogP contribution in [-0.2, 0) is 10.0 Å². The number of benzene rings is 1. The van der Waals surface area contributed by atoms with Gasteiger partial charge in [0.05, 0.1) is 10.5 Å². The summed E-state index contributed by atoms with van der Waals surface area (Å²) in [7, 11) is -3.66. The van der Waals surface area contributed by atoms with Crippen molar-refractivity contribution in [2.45, 2.75) is 36.7 Å². The molecule has 0 unspecified atom stereocenters. The number of nitrogens with one attached hydrogen (secondary N) is 1. The van der Waals surface area contributed by atoms with Crippen LogP contribution >= 0.6 is 11.6 Å². The zero-order valence-electron chi connectivity index (χ0n) is 14.8. The van der Waals surface area contributed by atoms with E-state index in [9.17, 15) is 13.2 Å². The molecule has 1 aliphatic carbocycles. The summed E-state index contributed by atoms with van der Waals surface area (Å²) in [6, 6.07) is 7.76. The predicted octanol–water partition coefficient (Wildman–Crippen LogP) is 2.62. The summed E-state index contributed by atoms with van der Waals surface area (Å²) < 4.78 is 27.8. The molecule has 1 aromatic carbocycles. The molecule has 1 aliphatic heterocycles. The molecule has 142 valence electrons. The molecule has 6 nitrogen and oxygen atoms in total. The number of sulfonamides is 1. The van der Waals surface area contributed by atoms with Gasteiger partial charge in [0.2, 0.25) is 10.0 Å². The van der Waals surface area contributed by atoms with Crippen molar-refractivity contribution in [3.8, 4) is 0 Å². The summed E-state index contributed by atoms with van der Waals surface area (Å²) in [6.45, 7) is 2.32. The predicted molar refractivity (Wildman–Crippen MR) is 102 cm³/mol. The minimum absolute atomic E-state index is 0.197. The second kappa shape index (κ2) is 6.89. The normalized spacial score (nSPS) is 24.9. The second-order valence-corrected chi connectivity index (χ2v) is 9.51. The smallest absolute Gasteiger partial charge is 0.253 e. The molecule has 2 bridgehead atoms. The number of fused-ring (bicyclic) bond motifs is 2. The Morgan fingerprint density at radius 1 is 1.30 bits per heavy atom. The van der Waals surface area contributed by atoms with Crippen molar-refractivity contribution in [2.24, 2.45) is 5.92 Å². The van der Waals surface area contributed by atoms with Gasteiger partial charge in [-0.25, -0.2) is 8.42 Å². The Balaban J connectivity index is 1.55. The van der Waals surface area contributed by atoms with Crippen molar-refractivity contribution in [1.82, 2.24) is 14.6 Å². The minimum atomic E-state index is -3.66. The van der Waals surface area contributed by atoms with Crippen molar-refractivity contribution in [3.05, 3.63) is 58.9 Å². The van der Waals surface area contributed by atoms with Crippen molar-refractivity contribution in [1.29, 1.82) is 0 Å². The molecule has 2 fully saturated rings. The Labute approximate surface area is 163 Å². The van der Waals surface area contributed by atoms with Crippen LogP contribution in [0.3, 0.4) is 0 Å². The lowest BCUT2D eigenvalue weighted by Crippen LogP contribution is -2.51. The number of aryl methyl sites for hydroxylation is 1. The standard InChI is InChI=1S/C19H20ClN3O3S/c1-12-4-5-15(9-16(12)20)27(25,26)23-11-13-7-17(18(23)8-13)22-19(24)14-3-2-6-21-10-14/h2-6,9-10,13,17-18H,7-8,11H2,1H3,(H,22,24)/t13-,17+,18-/m1/s1. The molecular formula is C19H20ClN3O3S. The number of aromatic nitrogens is 1. The average molecular weight is 406 g/mol. The van der Waals surface area contributed by atoms with Gasteiger partial charge >= 0.3 is 0 Å². The molecule has 0 spiro atoms. The molecule has 4 rings (SSSR count). The number of halogens is 1. The topological polar surface area (TPSA) is 79.4 Å². The zero-order chi connectivity index (χ0) is 19.2. The van der Waals surface area contributed by atoms with E-state index >= 15 is 0 Å². The van der Waals surface area contributed by atoms with E-state index in [1.807, 2.05) is 6.92 Å². The number of hydrogen-bond acceptors (Lipinski definition) is 4. The van der Waals surface area contributed by atoms with Gasteiger partial charge in [-0.1, -0.05) is 17.7 Å². The number of pyridine rings is 1. The van der Waals surface area contributed by atoms with Crippen LogP contribution in [0.4, 0.5) is 0 Å². The Morgan fingerprint density at radius 2 is 2.11 bits per heavy atom. The van der Waals surface area contributed by atoms with Crippen LogP contribution in [0.15, 0.2) is 47.6 Å². The molecule has 1 aromatic heterocycles. The molecule has 1 saturated carbocycles. The van der Waals surface area contributed by atoms with E-state index in [0.717, 1.165) is 18.4 Å². The van der Waals surface area contributed by atoms with E-state index in [4.69, 9.17) is 11.6 Å². The molecule has 8 heteroatoms. The summed E-state index contributed by atoms with van der Waals surface area (Å²) >= 11 is 6.13. The van der Waals surface area contributed by atoms with E-state index in [2.05, 4.69) is 10.3 Å². The molecule has 0 radical (unpaired) electrons. The van der Waals surface area contributed by atoms with Crippen LogP contribution in [0.2, 0.25) is 5.02 Å². The lowest BCUT2D eigenvalue weighted by Gasteiger charge is -2.33. The lowest BCUT2D eigenvalue weighted by atomic mass is 10.1. The zero-order valence-corrected chi connectivity index (χ0v) is 16.4. The van der Waals surface area contributed by atoms with Gasteiger partial charge < -0.3 is 5.32 Å². The fraction of sp³-hybridized carbons (Fsp3) is 0.368. The Hall–Kier alpha value is -1.96. The lowest BCUT2D eigenvalue weighted by molar-refractivity contribution is 0.0916. The highest BCUT2D eigenvalue weighted by atomic mass is 35.5. The fourth-order valence-corrected chi connectivity index (χ4v) is 6.04. The summed E-state index contributed by atoms with van der Waals surface area (Å²) in [5.41, 5.74) is 1.31. The fourth-order valence-electron chi connectivity index (χ4n) is 4.03. The van der Waals surface area contributed by atoms with Gasteiger partial charge in [0, 0.05) is 36.0 Å². The van der Waals surface area contributed by atoms with Crippen LogP contribution < -0.4 is 5.32 Å². The molecule has 2 aliphatic rings. The van der Waals surface area contributed by atoms with Crippen molar-refractivity contribution in [3.63, 3.8) is 0 Å². The summed E-state index contributed by atoms with van der Waals surface area (Å²) in [5.74, 6) is 0.0290. The van der Waals surface area contributed by atoms with Crippen LogP contribution in [-0.4, -0.2) is 42.2 Å². The van der Waals surface area contributed by atoms with Gasteiger partial charge in [-0.2, -0.15) is 4.31 Å². The van der Waals surface area contributed by atoms with Crippen LogP contribution in [0.5, 0.6) is 0 Å². The monoisotopic (exact) mass is 405 g/mol. The number of carbonyl (C=O) groups excluding carboxylic acids is 1. The highest BCUT2D eigenvalue weighted by Gasteiger charge is 2.50. The van der Waals surface area contributed by atoms with Crippen LogP contribution in [0.25, 0.3) is 0 Å². The molecule has 2 heterocycles. The largest absolute Gasteiger partial charge is 0.348 e. The molecule has 1 N–H and O–H groups in total. The number of rotatable bonds is 4. The number of carbonyl (C=O) groups is 1. The Kier molecular flexibility index (Phi) is 4.70. The first-order chi connectivity index (χ1) is 12.9. The van der Waals surface area contributed by atoms with Crippen molar-refractivity contribution >= 4 is 27.5 Å². The maximum Gasteiger partial charge on any atom is 0.253 e. The van der Waals surface area contributed by atoms with Crippen molar-refractivity contribution < 1.29 is 13.2 Å². The van der Waals surface area contributed by atoms with Gasteiger partial charge in [0.15, 0.2) is 0 Å². The highest BCUT2D eigenvalue weighted by Crippen LogP contribution is 2.41. The Bertz CT molecular complexity index is 981. The summed E-state index contributed by atoms with van der Waals surface area (Å²) in [5, 5.41) is 3.42. The van der Waals surface area contributed by atoms with Crippen LogP contribution in [0, 0.1) is 12.8 Å². The summed E-state index contributed by atoms with van der Waals surface area (Å²) in [4.78, 5) is 16.6. The van der Waals surface area contributed by atoms with E-state index in [-0.39, 0.29) is 28.8 Å². The van der Waals surface area contributed by atoms with Gasteiger partial charge in [0.25, 0.3) is 5.91 Å². The van der Waals surface area contributed by atoms with Gasteiger partial charge in [0.1, 0.15) is 0 Å². The number of amides is 1. The quantitative estimate of drug-likeness (QED) is 0.848. The van der Waals surface area contributed by atoms with Crippen LogP contribution in [0.1, 0.15) is 28.8 Å². The molecule has 1 amide bonds. The van der Waals surface area contributed by atoms with Gasteiger partial charge in [-0.05, 0) is 55.5 Å². The molecule has 1 saturated heterocycles. The Morgan fingerprint density at radius 3 is 2.78 bits per heavy atom. The molecule has 2 aromatic rings. The van der Waals surface area contributed by atoms with E-state index in [1.54, 1.807) is 30.5 Å². The van der Waals surface area contributed by atoms with Crippen molar-refractivity contribution in [2.75, 3.05) is 6.54 Å². The maximum absolute atomic E-state index is 13.1. The molecule has 27 heavy (non-hydrogen) atoms. The number of piperidine rings is 1. The van der Waals surface area contributed by atoms with E-state index < -0.39 is 10.0 Å². The maximum atomic E-state index is 13.1. The van der Waals surface area contributed by atoms with E-state index in [1.165, 1.54) is 16.6 Å². The average Bonchev–Trinajstić information content (AvgIpc) is 3.25.